The predicted octanol–water partition coefficient (Wildman–Crippen LogP) is 10.1. The number of halogens is 2. The lowest BCUT2D eigenvalue weighted by Gasteiger charge is -2.19. The summed E-state index contributed by atoms with van der Waals surface area (Å²) in [7, 11) is 0. The molecule has 2 nitrogen and oxygen atoms in total. The van der Waals surface area contributed by atoms with E-state index in [4.69, 9.17) is 16.4 Å². The lowest BCUT2D eigenvalue weighted by atomic mass is 9.89. The lowest BCUT2D eigenvalue weighted by Crippen LogP contribution is -2.02. The van der Waals surface area contributed by atoms with E-state index in [1.54, 1.807) is 0 Å². The van der Waals surface area contributed by atoms with Gasteiger partial charge in [0.2, 0.25) is 0 Å². The highest BCUT2D eigenvalue weighted by Gasteiger charge is 2.20. The van der Waals surface area contributed by atoms with Gasteiger partial charge in [-0.2, -0.15) is 0 Å². The Balaban J connectivity index is 1.88. The van der Waals surface area contributed by atoms with Crippen LogP contribution >= 0.6 is 31.9 Å². The maximum Gasteiger partial charge on any atom is 0.0973 e. The molecule has 0 aliphatic rings. The maximum atomic E-state index is 6.05. The number of hydrogen-bond donors (Lipinski definition) is 0. The van der Waals surface area contributed by atoms with Crippen molar-refractivity contribution in [2.45, 2.75) is 55.4 Å². The Kier molecular flexibility index (Phi) is 6.74. The van der Waals surface area contributed by atoms with Crippen molar-refractivity contribution in [1.82, 2.24) is 9.97 Å². The normalized spacial score (nSPS) is 11.4. The van der Waals surface area contributed by atoms with Crippen LogP contribution in [0.2, 0.25) is 0 Å². The van der Waals surface area contributed by atoms with Crippen LogP contribution in [0.5, 0.6) is 0 Å². The first-order chi connectivity index (χ1) is 18.0. The first-order valence-corrected chi connectivity index (χ1v) is 14.3. The number of rotatable bonds is 2. The third-order valence-electron chi connectivity index (χ3n) is 8.36. The molecule has 4 heteroatoms. The SMILES string of the molecule is C#Cc1cc2ccc3ccc(-c4c(C)c(C)c(Br)c(C)c4C)nc3c2nc1-c1c(C)c(C)c(Br)c(C)c1C. The fourth-order valence-corrected chi connectivity index (χ4v) is 6.72. The van der Waals surface area contributed by atoms with E-state index >= 15 is 0 Å². The van der Waals surface area contributed by atoms with E-state index in [0.717, 1.165) is 48.8 Å². The second-order valence-corrected chi connectivity index (χ2v) is 11.9. The molecule has 2 aromatic heterocycles. The summed E-state index contributed by atoms with van der Waals surface area (Å²) in [5.41, 5.74) is 16.4. The van der Waals surface area contributed by atoms with Crippen molar-refractivity contribution in [2.75, 3.05) is 0 Å². The number of nitrogens with zero attached hydrogens (tertiary/aromatic N) is 2. The molecule has 3 aromatic carbocycles. The van der Waals surface area contributed by atoms with E-state index in [2.05, 4.69) is 124 Å². The molecule has 0 saturated heterocycles. The fraction of sp³-hybridized carbons (Fsp3) is 0.235. The van der Waals surface area contributed by atoms with Crippen LogP contribution in [0.15, 0.2) is 39.3 Å². The number of pyridine rings is 2. The molecule has 190 valence electrons. The summed E-state index contributed by atoms with van der Waals surface area (Å²) >= 11 is 7.56. The Morgan fingerprint density at radius 1 is 0.579 bits per heavy atom. The summed E-state index contributed by atoms with van der Waals surface area (Å²) in [5, 5.41) is 2.06. The van der Waals surface area contributed by atoms with Gasteiger partial charge in [0, 0.05) is 30.8 Å². The van der Waals surface area contributed by atoms with Crippen molar-refractivity contribution >= 4 is 53.7 Å². The molecule has 0 saturated carbocycles. The van der Waals surface area contributed by atoms with Crippen LogP contribution < -0.4 is 0 Å². The zero-order valence-corrected chi connectivity index (χ0v) is 26.3. The van der Waals surface area contributed by atoms with Crippen LogP contribution in [-0.4, -0.2) is 9.97 Å². The first-order valence-electron chi connectivity index (χ1n) is 12.7. The highest BCUT2D eigenvalue weighted by atomic mass is 79.9. The second kappa shape index (κ2) is 9.63. The molecule has 38 heavy (non-hydrogen) atoms. The van der Waals surface area contributed by atoms with Gasteiger partial charge in [-0.25, -0.2) is 9.97 Å². The molecule has 5 rings (SSSR count). The molecule has 0 fully saturated rings. The summed E-state index contributed by atoms with van der Waals surface area (Å²) in [6.45, 7) is 17.3. The topological polar surface area (TPSA) is 25.8 Å². The molecule has 2 heterocycles. The van der Waals surface area contributed by atoms with Crippen molar-refractivity contribution in [3.8, 4) is 34.9 Å². The van der Waals surface area contributed by atoms with Gasteiger partial charge in [-0.3, -0.25) is 0 Å². The molecule has 0 spiro atoms. The average molecular weight is 626 g/mol. The predicted molar refractivity (Wildman–Crippen MR) is 169 cm³/mol. The van der Waals surface area contributed by atoms with Crippen LogP contribution in [0.3, 0.4) is 0 Å². The van der Waals surface area contributed by atoms with Crippen molar-refractivity contribution in [3.63, 3.8) is 0 Å². The molecular weight excluding hydrogens is 596 g/mol. The van der Waals surface area contributed by atoms with E-state index < -0.39 is 0 Å². The summed E-state index contributed by atoms with van der Waals surface area (Å²) in [5.74, 6) is 2.91. The lowest BCUT2D eigenvalue weighted by molar-refractivity contribution is 1.20. The molecule has 0 N–H and O–H groups in total. The number of hydrogen-bond acceptors (Lipinski definition) is 2. The highest BCUT2D eigenvalue weighted by Crippen LogP contribution is 2.40. The molecule has 0 radical (unpaired) electrons. The molecule has 0 atom stereocenters. The van der Waals surface area contributed by atoms with Crippen molar-refractivity contribution in [1.29, 1.82) is 0 Å². The van der Waals surface area contributed by atoms with Gasteiger partial charge in [-0.05, 0) is 112 Å². The summed E-state index contributed by atoms with van der Waals surface area (Å²) in [6.07, 6.45) is 6.05. The standard InChI is InChI=1S/C34H30Br2N2/c1-10-24-15-26-12-11-25-13-14-27(28-16(2)20(6)30(35)21(7)17(28)3)37-33(25)34(26)38-32(24)29-18(4)22(8)31(36)23(9)19(29)5/h1,11-15H,2-9H3. The Hall–Kier alpha value is -3.00. The molecule has 0 aliphatic carbocycles. The first kappa shape index (κ1) is 26.6. The average Bonchev–Trinajstić information content (AvgIpc) is 2.92. The fourth-order valence-electron chi connectivity index (χ4n) is 5.53. The van der Waals surface area contributed by atoms with Gasteiger partial charge in [0.15, 0.2) is 0 Å². The summed E-state index contributed by atoms with van der Waals surface area (Å²) in [6, 6.07) is 10.6. The summed E-state index contributed by atoms with van der Waals surface area (Å²) in [4.78, 5) is 10.5. The van der Waals surface area contributed by atoms with Gasteiger partial charge in [0.25, 0.3) is 0 Å². The molecule has 0 aliphatic heterocycles. The number of fused-ring (bicyclic) bond motifs is 3. The van der Waals surface area contributed by atoms with Crippen LogP contribution in [0.25, 0.3) is 44.3 Å². The van der Waals surface area contributed by atoms with E-state index in [-0.39, 0.29) is 0 Å². The Morgan fingerprint density at radius 3 is 1.55 bits per heavy atom. The molecule has 0 bridgehead atoms. The third-order valence-corrected chi connectivity index (χ3v) is 10.7. The number of benzene rings is 3. The largest absolute Gasteiger partial charge is 0.245 e. The monoisotopic (exact) mass is 624 g/mol. The van der Waals surface area contributed by atoms with Gasteiger partial charge >= 0.3 is 0 Å². The van der Waals surface area contributed by atoms with Crippen molar-refractivity contribution < 1.29 is 0 Å². The van der Waals surface area contributed by atoms with Gasteiger partial charge in [0.05, 0.1) is 28.0 Å². The number of aromatic nitrogens is 2. The number of terminal acetylenes is 1. The molecule has 0 unspecified atom stereocenters. The molecule has 5 aromatic rings. The zero-order valence-electron chi connectivity index (χ0n) is 23.1. The minimum absolute atomic E-state index is 0.797. The van der Waals surface area contributed by atoms with E-state index in [0.29, 0.717) is 0 Å². The van der Waals surface area contributed by atoms with Crippen LogP contribution in [0.1, 0.15) is 50.1 Å². The minimum Gasteiger partial charge on any atom is -0.245 e. The van der Waals surface area contributed by atoms with Crippen molar-refractivity contribution in [3.05, 3.63) is 89.3 Å². The maximum absolute atomic E-state index is 6.05. The van der Waals surface area contributed by atoms with Gasteiger partial charge in [-0.15, -0.1) is 6.42 Å². The van der Waals surface area contributed by atoms with E-state index in [1.807, 2.05) is 0 Å². The summed E-state index contributed by atoms with van der Waals surface area (Å²) < 4.78 is 2.31. The van der Waals surface area contributed by atoms with Crippen LogP contribution in [-0.2, 0) is 0 Å². The van der Waals surface area contributed by atoms with E-state index in [1.165, 1.54) is 54.5 Å². The van der Waals surface area contributed by atoms with Crippen LogP contribution in [0, 0.1) is 67.7 Å². The minimum atomic E-state index is 0.797. The third kappa shape index (κ3) is 3.91. The highest BCUT2D eigenvalue weighted by molar-refractivity contribution is 9.10. The second-order valence-electron chi connectivity index (χ2n) is 10.3. The van der Waals surface area contributed by atoms with Gasteiger partial charge < -0.3 is 0 Å². The Labute approximate surface area is 242 Å². The van der Waals surface area contributed by atoms with Crippen LogP contribution in [0.4, 0.5) is 0 Å². The van der Waals surface area contributed by atoms with E-state index in [9.17, 15) is 0 Å². The van der Waals surface area contributed by atoms with Gasteiger partial charge in [0.1, 0.15) is 0 Å². The molecule has 0 amide bonds. The van der Waals surface area contributed by atoms with Crippen molar-refractivity contribution in [2.24, 2.45) is 0 Å². The quantitative estimate of drug-likeness (QED) is 0.144. The smallest absolute Gasteiger partial charge is 0.0973 e. The zero-order chi connectivity index (χ0) is 27.6. The Morgan fingerprint density at radius 2 is 1.03 bits per heavy atom. The van der Waals surface area contributed by atoms with Gasteiger partial charge in [-0.1, -0.05) is 56.0 Å². The molecular formula is C34H30Br2N2. The Bertz CT molecular complexity index is 1820.